The van der Waals surface area contributed by atoms with Crippen molar-refractivity contribution in [2.24, 2.45) is 5.92 Å². The molecule has 5 heterocycles. The first kappa shape index (κ1) is 26.8. The average Bonchev–Trinajstić information content (AvgIpc) is 3.67. The molecule has 0 saturated heterocycles. The summed E-state index contributed by atoms with van der Waals surface area (Å²) < 4.78 is 0. The van der Waals surface area contributed by atoms with Crippen molar-refractivity contribution in [3.8, 4) is 22.6 Å². The molecule has 202 valence electrons. The van der Waals surface area contributed by atoms with E-state index in [1.165, 1.54) is 12.8 Å². The van der Waals surface area contributed by atoms with Gasteiger partial charge >= 0.3 is 0 Å². The number of aromatic amines is 2. The molecule has 1 aliphatic rings. The van der Waals surface area contributed by atoms with Crippen LogP contribution < -0.4 is 5.32 Å². The highest BCUT2D eigenvalue weighted by Crippen LogP contribution is 2.36. The van der Waals surface area contributed by atoms with E-state index in [1.807, 2.05) is 81.8 Å². The van der Waals surface area contributed by atoms with Crippen LogP contribution in [0.2, 0.25) is 0 Å². The Morgan fingerprint density at radius 1 is 1.10 bits per heavy atom. The van der Waals surface area contributed by atoms with Gasteiger partial charge in [-0.2, -0.15) is 5.10 Å². The maximum absolute atomic E-state index is 5.00. The highest BCUT2D eigenvalue weighted by molar-refractivity contribution is 5.92. The van der Waals surface area contributed by atoms with E-state index in [1.54, 1.807) is 0 Å². The number of H-pyrrole nitrogens is 2. The topological polar surface area (TPSA) is 95.2 Å². The fraction of sp³-hybridized carbons (Fsp3) is 0.212. The molecule has 6 rings (SSSR count). The molecule has 0 spiro atoms. The van der Waals surface area contributed by atoms with Crippen molar-refractivity contribution in [3.63, 3.8) is 0 Å². The number of nitrogens with one attached hydrogen (secondary N) is 3. The zero-order valence-corrected chi connectivity index (χ0v) is 23.5. The van der Waals surface area contributed by atoms with E-state index in [4.69, 9.17) is 4.98 Å². The molecule has 0 unspecified atom stereocenters. The number of aryl methyl sites for hydroxylation is 1. The van der Waals surface area contributed by atoms with Gasteiger partial charge in [0.05, 0.1) is 34.5 Å². The first-order chi connectivity index (χ1) is 19.6. The van der Waals surface area contributed by atoms with E-state index in [-0.39, 0.29) is 0 Å². The second-order valence-electron chi connectivity index (χ2n) is 9.59. The lowest BCUT2D eigenvalue weighted by Crippen LogP contribution is -2.00. The maximum atomic E-state index is 5.00. The van der Waals surface area contributed by atoms with Gasteiger partial charge in [0, 0.05) is 40.5 Å². The molecule has 0 amide bonds. The number of hydrogen-bond acceptors (Lipinski definition) is 5. The highest BCUT2D eigenvalue weighted by atomic mass is 15.1. The number of anilines is 1. The van der Waals surface area contributed by atoms with E-state index in [0.717, 1.165) is 67.6 Å². The molecule has 5 aromatic heterocycles. The van der Waals surface area contributed by atoms with Crippen LogP contribution in [-0.4, -0.2) is 30.1 Å². The minimum absolute atomic E-state index is 0.571. The van der Waals surface area contributed by atoms with Gasteiger partial charge in [-0.05, 0) is 69.0 Å². The number of allylic oxidation sites excluding steroid dienone is 4. The van der Waals surface area contributed by atoms with Gasteiger partial charge in [-0.25, -0.2) is 4.98 Å². The van der Waals surface area contributed by atoms with E-state index < -0.39 is 0 Å². The van der Waals surface area contributed by atoms with Crippen molar-refractivity contribution in [2.45, 2.75) is 40.5 Å². The van der Waals surface area contributed by atoms with Crippen molar-refractivity contribution in [1.82, 2.24) is 30.1 Å². The number of aromatic nitrogens is 6. The Labute approximate surface area is 235 Å². The van der Waals surface area contributed by atoms with Crippen LogP contribution in [0.25, 0.3) is 39.3 Å². The zero-order chi connectivity index (χ0) is 28.1. The largest absolute Gasteiger partial charge is 0.358 e. The Bertz CT molecular complexity index is 1680. The van der Waals surface area contributed by atoms with Gasteiger partial charge < -0.3 is 10.3 Å². The fourth-order valence-corrected chi connectivity index (χ4v) is 4.61. The molecule has 7 heteroatoms. The number of hydrogen-bond donors (Lipinski definition) is 3. The van der Waals surface area contributed by atoms with Gasteiger partial charge in [0.15, 0.2) is 0 Å². The fourth-order valence-electron chi connectivity index (χ4n) is 4.61. The van der Waals surface area contributed by atoms with Gasteiger partial charge in [0.25, 0.3) is 0 Å². The van der Waals surface area contributed by atoms with Crippen LogP contribution in [0.15, 0.2) is 91.6 Å². The summed E-state index contributed by atoms with van der Waals surface area (Å²) in [4.78, 5) is 17.6. The molecule has 0 radical (unpaired) electrons. The Hall–Kier alpha value is -4.78. The van der Waals surface area contributed by atoms with Gasteiger partial charge in [-0.15, -0.1) is 0 Å². The van der Waals surface area contributed by atoms with Crippen LogP contribution in [0.1, 0.15) is 50.6 Å². The van der Waals surface area contributed by atoms with Crippen molar-refractivity contribution in [3.05, 3.63) is 109 Å². The monoisotopic (exact) mass is 529 g/mol. The van der Waals surface area contributed by atoms with Crippen molar-refractivity contribution < 1.29 is 0 Å². The van der Waals surface area contributed by atoms with Crippen LogP contribution in [0.5, 0.6) is 0 Å². The van der Waals surface area contributed by atoms with Gasteiger partial charge in [0.1, 0.15) is 11.2 Å². The number of nitrogens with zero attached hydrogens (tertiary/aromatic N) is 4. The van der Waals surface area contributed by atoms with Crippen LogP contribution >= 0.6 is 0 Å². The normalized spacial score (nSPS) is 13.3. The Morgan fingerprint density at radius 2 is 1.95 bits per heavy atom. The first-order valence-corrected chi connectivity index (χ1v) is 13.8. The summed E-state index contributed by atoms with van der Waals surface area (Å²) >= 11 is 0. The molecule has 40 heavy (non-hydrogen) atoms. The molecule has 5 aromatic rings. The van der Waals surface area contributed by atoms with Crippen LogP contribution in [0.3, 0.4) is 0 Å². The van der Waals surface area contributed by atoms with E-state index in [9.17, 15) is 0 Å². The molecule has 0 bridgehead atoms. The molecular formula is C33H35N7. The van der Waals surface area contributed by atoms with Crippen molar-refractivity contribution in [2.75, 3.05) is 5.32 Å². The predicted molar refractivity (Wildman–Crippen MR) is 165 cm³/mol. The standard InChI is InChI=1S/C31H29N7.C2H6/c1-4-5-8-24(27-9-6-7-14-33-27)25-16-29(35-20(25)3)31-30-28(37-38-31)13-12-26(36-30)22-15-23(18-32-17-22)34-19(2)21-10-11-21;1-2/h4-9,12-18,21,34-35H,2,10-11H2,1,3H3,(H,37,38);1-2H3/b5-4-,24-8+;. The molecule has 7 nitrogen and oxygen atoms in total. The third-order valence-electron chi connectivity index (χ3n) is 6.77. The summed E-state index contributed by atoms with van der Waals surface area (Å²) in [5.74, 6) is 0.571. The number of rotatable bonds is 8. The summed E-state index contributed by atoms with van der Waals surface area (Å²) in [6.45, 7) is 12.2. The zero-order valence-electron chi connectivity index (χ0n) is 23.5. The molecule has 0 atom stereocenters. The molecular weight excluding hydrogens is 494 g/mol. The summed E-state index contributed by atoms with van der Waals surface area (Å²) in [5.41, 5.74) is 11.1. The Kier molecular flexibility index (Phi) is 8.01. The molecule has 1 aliphatic carbocycles. The smallest absolute Gasteiger partial charge is 0.135 e. The summed E-state index contributed by atoms with van der Waals surface area (Å²) in [6.07, 6.45) is 14.0. The maximum Gasteiger partial charge on any atom is 0.135 e. The van der Waals surface area contributed by atoms with Crippen LogP contribution in [-0.2, 0) is 0 Å². The number of fused-ring (bicyclic) bond motifs is 1. The third kappa shape index (κ3) is 5.64. The van der Waals surface area contributed by atoms with Crippen LogP contribution in [0, 0.1) is 12.8 Å². The average molecular weight is 530 g/mol. The molecule has 1 fully saturated rings. The molecule has 0 aromatic carbocycles. The number of pyridine rings is 3. The second-order valence-corrected chi connectivity index (χ2v) is 9.59. The second kappa shape index (κ2) is 11.9. The lowest BCUT2D eigenvalue weighted by molar-refractivity contribution is 1.02. The molecule has 0 aliphatic heterocycles. The summed E-state index contributed by atoms with van der Waals surface area (Å²) in [5, 5.41) is 11.2. The first-order valence-electron chi connectivity index (χ1n) is 13.8. The Morgan fingerprint density at radius 3 is 2.70 bits per heavy atom. The third-order valence-corrected chi connectivity index (χ3v) is 6.77. The van der Waals surface area contributed by atoms with Crippen molar-refractivity contribution >= 4 is 22.3 Å². The van der Waals surface area contributed by atoms with Gasteiger partial charge in [-0.3, -0.25) is 15.1 Å². The highest BCUT2D eigenvalue weighted by Gasteiger charge is 2.24. The molecule has 3 N–H and O–H groups in total. The summed E-state index contributed by atoms with van der Waals surface area (Å²) in [6, 6.07) is 14.1. The van der Waals surface area contributed by atoms with E-state index >= 15 is 0 Å². The SMILES string of the molecule is C=C(Nc1cncc(-c2ccc3[nH]nc(-c4cc(/C(=C\C=C/C)c5ccccn5)c(C)[nH]4)c3n2)c1)C1CC1.CC. The Balaban J connectivity index is 0.00000158. The quantitative estimate of drug-likeness (QED) is 0.177. The predicted octanol–water partition coefficient (Wildman–Crippen LogP) is 8.09. The van der Waals surface area contributed by atoms with E-state index in [0.29, 0.717) is 5.92 Å². The minimum atomic E-state index is 0.571. The van der Waals surface area contributed by atoms with Crippen molar-refractivity contribution in [1.29, 1.82) is 0 Å². The van der Waals surface area contributed by atoms with Gasteiger partial charge in [0.2, 0.25) is 0 Å². The van der Waals surface area contributed by atoms with E-state index in [2.05, 4.69) is 62.2 Å². The molecule has 1 saturated carbocycles. The van der Waals surface area contributed by atoms with Gasteiger partial charge in [-0.1, -0.05) is 44.7 Å². The minimum Gasteiger partial charge on any atom is -0.358 e. The summed E-state index contributed by atoms with van der Waals surface area (Å²) in [7, 11) is 0. The lowest BCUT2D eigenvalue weighted by Gasteiger charge is -2.09. The van der Waals surface area contributed by atoms with Crippen LogP contribution in [0.4, 0.5) is 5.69 Å². The lowest BCUT2D eigenvalue weighted by atomic mass is 10.0.